The highest BCUT2D eigenvalue weighted by Gasteiger charge is 2.55. The molecule has 4 fully saturated rings. The molecule has 3 amide bonds. The van der Waals surface area contributed by atoms with Crippen molar-refractivity contribution in [1.82, 2.24) is 20.0 Å². The molecule has 1 spiro atoms. The molecule has 4 aliphatic rings. The second-order valence-corrected chi connectivity index (χ2v) is 13.6. The van der Waals surface area contributed by atoms with Gasteiger partial charge in [-0.2, -0.15) is 0 Å². The van der Waals surface area contributed by atoms with Gasteiger partial charge in [0.25, 0.3) is 5.91 Å². The number of nitrogens with zero attached hydrogens (tertiary/aromatic N) is 3. The summed E-state index contributed by atoms with van der Waals surface area (Å²) in [6, 6.07) is 12.2. The van der Waals surface area contributed by atoms with Crippen LogP contribution in [-0.2, 0) is 25.6 Å². The minimum atomic E-state index is -0.918. The van der Waals surface area contributed by atoms with Crippen LogP contribution < -0.4 is 14.8 Å². The molecule has 0 bridgehead atoms. The van der Waals surface area contributed by atoms with Crippen molar-refractivity contribution in [1.29, 1.82) is 0 Å². The van der Waals surface area contributed by atoms with Crippen LogP contribution in [0.3, 0.4) is 0 Å². The molecule has 2 atom stereocenters. The Morgan fingerprint density at radius 2 is 1.66 bits per heavy atom. The minimum absolute atomic E-state index is 0. The van der Waals surface area contributed by atoms with Gasteiger partial charge < -0.3 is 39.2 Å². The van der Waals surface area contributed by atoms with Crippen LogP contribution in [-0.4, -0.2) is 121 Å². The van der Waals surface area contributed by atoms with Crippen molar-refractivity contribution < 1.29 is 38.4 Å². The van der Waals surface area contributed by atoms with Crippen molar-refractivity contribution in [3.63, 3.8) is 0 Å². The van der Waals surface area contributed by atoms with Gasteiger partial charge in [-0.1, -0.05) is 25.5 Å². The van der Waals surface area contributed by atoms with E-state index in [1.807, 2.05) is 24.3 Å². The molecular weight excluding hydrogens is 664 g/mol. The number of unbranched alkanes of at least 4 members (excludes halogenated alkanes) is 1. The van der Waals surface area contributed by atoms with E-state index in [1.165, 1.54) is 0 Å². The molecule has 2 aromatic carbocycles. The second-order valence-electron chi connectivity index (χ2n) is 13.6. The quantitative estimate of drug-likeness (QED) is 0.359. The first-order chi connectivity index (χ1) is 23.8. The number of likely N-dealkylation sites (tertiary alicyclic amines) is 1. The number of benzene rings is 2. The summed E-state index contributed by atoms with van der Waals surface area (Å²) in [6.45, 7) is 7.97. The first-order valence-electron chi connectivity index (χ1n) is 17.8. The molecule has 0 unspecified atom stereocenters. The number of carbonyl (C=O) groups excluding carboxylic acids is 3. The lowest BCUT2D eigenvalue weighted by molar-refractivity contribution is -0.166. The summed E-state index contributed by atoms with van der Waals surface area (Å²) in [6.07, 6.45) is 3.25. The van der Waals surface area contributed by atoms with Crippen LogP contribution >= 0.6 is 12.4 Å². The number of rotatable bonds is 11. The van der Waals surface area contributed by atoms with E-state index in [0.29, 0.717) is 114 Å². The number of amides is 3. The molecule has 0 aromatic heterocycles. The number of hydrogen-bond acceptors (Lipinski definition) is 9. The normalized spacial score (nSPS) is 22.1. The zero-order chi connectivity index (χ0) is 34.4. The molecule has 4 aliphatic heterocycles. The Kier molecular flexibility index (Phi) is 13.0. The van der Waals surface area contributed by atoms with Crippen molar-refractivity contribution in [2.45, 2.75) is 69.7 Å². The zero-order valence-electron chi connectivity index (χ0n) is 29.1. The Hall–Kier alpha value is -3.42. The third kappa shape index (κ3) is 8.21. The molecule has 0 radical (unpaired) electrons. The standard InChI is InChI=1S/C37H50N4O8.ClH/c1-3-4-15-41-35(44)32(33(42)27-11-20-47-21-12-27)38-36(45)37(41)13-16-39(17-14-37)25-26-5-8-29(9-6-26)49-30-10-7-28(24-31(30)46-2)34(43)40-18-22-48-23-19-40;/h5-10,24,27,32-33,42H,3-4,11-23,25H2,1-2H3,(H,38,45);1H/t32-,33-;/m1./s1. The van der Waals surface area contributed by atoms with Crippen molar-refractivity contribution in [2.24, 2.45) is 5.92 Å². The summed E-state index contributed by atoms with van der Waals surface area (Å²) in [5.41, 5.74) is 0.752. The van der Waals surface area contributed by atoms with Gasteiger partial charge in [-0.05, 0) is 73.9 Å². The van der Waals surface area contributed by atoms with Gasteiger partial charge in [0, 0.05) is 58.0 Å². The SMILES string of the molecule is CCCCN1C(=O)[C@@H]([C@H](O)C2CCOCC2)NC(=O)C12CCN(Cc1ccc(Oc3ccc(C(=O)N4CCOCC4)cc3OC)cc1)CC2.Cl. The molecule has 274 valence electrons. The van der Waals surface area contributed by atoms with Crippen molar-refractivity contribution >= 4 is 30.1 Å². The first-order valence-corrected chi connectivity index (χ1v) is 17.8. The van der Waals surface area contributed by atoms with Gasteiger partial charge in [0.15, 0.2) is 11.5 Å². The Morgan fingerprint density at radius 3 is 2.32 bits per heavy atom. The number of hydrogen-bond donors (Lipinski definition) is 2. The Labute approximate surface area is 300 Å². The lowest BCUT2D eigenvalue weighted by Gasteiger charge is -2.52. The summed E-state index contributed by atoms with van der Waals surface area (Å²) in [5.74, 6) is 1.22. The van der Waals surface area contributed by atoms with Crippen molar-refractivity contribution in [2.75, 3.05) is 66.3 Å². The van der Waals surface area contributed by atoms with Gasteiger partial charge in [0.05, 0.1) is 26.4 Å². The summed E-state index contributed by atoms with van der Waals surface area (Å²) in [4.78, 5) is 46.5. The van der Waals surface area contributed by atoms with Gasteiger partial charge in [-0.3, -0.25) is 19.3 Å². The van der Waals surface area contributed by atoms with E-state index in [-0.39, 0.29) is 36.0 Å². The predicted molar refractivity (Wildman–Crippen MR) is 189 cm³/mol. The van der Waals surface area contributed by atoms with Crippen LogP contribution in [0.25, 0.3) is 0 Å². The Morgan fingerprint density at radius 1 is 0.980 bits per heavy atom. The smallest absolute Gasteiger partial charge is 0.254 e. The third-order valence-electron chi connectivity index (χ3n) is 10.5. The Balaban J connectivity index is 0.00000486. The van der Waals surface area contributed by atoms with Crippen LogP contribution in [0.5, 0.6) is 17.2 Å². The first kappa shape index (κ1) is 37.8. The molecule has 12 nitrogen and oxygen atoms in total. The van der Waals surface area contributed by atoms with Gasteiger partial charge in [0.1, 0.15) is 17.3 Å². The van der Waals surface area contributed by atoms with Crippen molar-refractivity contribution in [3.05, 3.63) is 53.6 Å². The van der Waals surface area contributed by atoms with Crippen LogP contribution in [0.15, 0.2) is 42.5 Å². The van der Waals surface area contributed by atoms with Crippen LogP contribution in [0.4, 0.5) is 0 Å². The Bertz CT molecular complexity index is 1460. The molecule has 4 heterocycles. The topological polar surface area (TPSA) is 130 Å². The number of aliphatic hydroxyl groups is 1. The second kappa shape index (κ2) is 17.2. The highest BCUT2D eigenvalue weighted by Crippen LogP contribution is 2.36. The fourth-order valence-electron chi connectivity index (χ4n) is 7.50. The maximum atomic E-state index is 13.9. The number of piperazine rings is 1. The lowest BCUT2D eigenvalue weighted by Crippen LogP contribution is -2.75. The average Bonchev–Trinajstić information content (AvgIpc) is 3.15. The van der Waals surface area contributed by atoms with Crippen LogP contribution in [0, 0.1) is 5.92 Å². The molecule has 50 heavy (non-hydrogen) atoms. The number of aliphatic hydroxyl groups excluding tert-OH is 1. The highest BCUT2D eigenvalue weighted by atomic mass is 35.5. The molecule has 0 saturated carbocycles. The fraction of sp³-hybridized carbons (Fsp3) is 0.595. The molecule has 6 rings (SSSR count). The predicted octanol–water partition coefficient (Wildman–Crippen LogP) is 3.63. The fourth-order valence-corrected chi connectivity index (χ4v) is 7.50. The highest BCUT2D eigenvalue weighted by molar-refractivity contribution is 6.00. The summed E-state index contributed by atoms with van der Waals surface area (Å²) in [5, 5.41) is 14.1. The number of methoxy groups -OCH3 is 1. The minimum Gasteiger partial charge on any atom is -0.493 e. The molecular formula is C37H51ClN4O8. The molecule has 4 saturated heterocycles. The van der Waals surface area contributed by atoms with E-state index in [9.17, 15) is 19.5 Å². The van der Waals surface area contributed by atoms with E-state index in [2.05, 4.69) is 17.1 Å². The largest absolute Gasteiger partial charge is 0.493 e. The van der Waals surface area contributed by atoms with Crippen LogP contribution in [0.2, 0.25) is 0 Å². The maximum absolute atomic E-state index is 13.9. The molecule has 13 heteroatoms. The van der Waals surface area contributed by atoms with E-state index >= 15 is 0 Å². The molecule has 2 N–H and O–H groups in total. The summed E-state index contributed by atoms with van der Waals surface area (Å²) >= 11 is 0. The monoisotopic (exact) mass is 714 g/mol. The van der Waals surface area contributed by atoms with Gasteiger partial charge in [-0.15, -0.1) is 12.4 Å². The van der Waals surface area contributed by atoms with Gasteiger partial charge >= 0.3 is 0 Å². The summed E-state index contributed by atoms with van der Waals surface area (Å²) in [7, 11) is 1.56. The lowest BCUT2D eigenvalue weighted by atomic mass is 9.79. The summed E-state index contributed by atoms with van der Waals surface area (Å²) < 4.78 is 22.5. The van der Waals surface area contributed by atoms with Crippen molar-refractivity contribution in [3.8, 4) is 17.2 Å². The molecule has 2 aromatic rings. The van der Waals surface area contributed by atoms with Gasteiger partial charge in [-0.25, -0.2) is 0 Å². The van der Waals surface area contributed by atoms with Crippen LogP contribution in [0.1, 0.15) is 61.4 Å². The molecule has 0 aliphatic carbocycles. The average molecular weight is 715 g/mol. The number of piperidine rings is 1. The number of morpholine rings is 1. The number of carbonyl (C=O) groups is 3. The number of halogens is 1. The zero-order valence-corrected chi connectivity index (χ0v) is 30.0. The van der Waals surface area contributed by atoms with E-state index < -0.39 is 17.7 Å². The maximum Gasteiger partial charge on any atom is 0.254 e. The van der Waals surface area contributed by atoms with E-state index in [1.54, 1.807) is 35.1 Å². The number of ether oxygens (including phenoxy) is 4. The van der Waals surface area contributed by atoms with Gasteiger partial charge in [0.2, 0.25) is 11.8 Å². The third-order valence-corrected chi connectivity index (χ3v) is 10.5. The van der Waals surface area contributed by atoms with E-state index in [4.69, 9.17) is 18.9 Å². The number of nitrogens with one attached hydrogen (secondary N) is 1. The van der Waals surface area contributed by atoms with E-state index in [0.717, 1.165) is 18.4 Å².